The number of carbonyl (C=O) groups excluding carboxylic acids is 2. The predicted octanol–water partition coefficient (Wildman–Crippen LogP) is 7.82. The molecular weight excluding hydrogens is 646 g/mol. The fourth-order valence-corrected chi connectivity index (χ4v) is 4.43. The average molecular weight is 671 g/mol. The van der Waals surface area contributed by atoms with Crippen molar-refractivity contribution in [2.45, 2.75) is 12.4 Å². The number of hydrogen-bond donors (Lipinski definition) is 2. The maximum absolute atomic E-state index is 12.5. The van der Waals surface area contributed by atoms with Gasteiger partial charge in [-0.25, -0.2) is 0 Å². The van der Waals surface area contributed by atoms with Crippen molar-refractivity contribution in [3.8, 4) is 23.0 Å². The lowest BCUT2D eigenvalue weighted by atomic mass is 10.1. The number of fused-ring (bicyclic) bond motifs is 2. The number of anilines is 2. The number of benzene rings is 4. The Morgan fingerprint density at radius 3 is 1.17 bits per heavy atom. The van der Waals surface area contributed by atoms with Crippen LogP contribution in [0.15, 0.2) is 84.9 Å². The fourth-order valence-electron chi connectivity index (χ4n) is 4.43. The van der Waals surface area contributed by atoms with Gasteiger partial charge in [0.2, 0.25) is 13.6 Å². The van der Waals surface area contributed by atoms with E-state index in [0.717, 1.165) is 24.3 Å². The van der Waals surface area contributed by atoms with Gasteiger partial charge in [-0.3, -0.25) is 9.59 Å². The van der Waals surface area contributed by atoms with Crippen molar-refractivity contribution in [1.29, 1.82) is 0 Å². The molecule has 4 aromatic carbocycles. The van der Waals surface area contributed by atoms with Gasteiger partial charge in [0.1, 0.15) is 0 Å². The molecule has 0 spiro atoms. The van der Waals surface area contributed by atoms with Crippen molar-refractivity contribution < 1.29 is 54.9 Å². The first-order chi connectivity index (χ1) is 22.7. The Morgan fingerprint density at radius 2 is 0.854 bits per heavy atom. The Hall–Kier alpha value is -5.92. The number of ether oxygens (including phenoxy) is 4. The van der Waals surface area contributed by atoms with Gasteiger partial charge < -0.3 is 30.4 Å². The first-order valence-electron chi connectivity index (χ1n) is 13.9. The molecule has 0 atom stereocenters. The van der Waals surface area contributed by atoms with Crippen LogP contribution in [0, 0.1) is 0 Å². The van der Waals surface area contributed by atoms with Crippen LogP contribution in [-0.2, 0) is 12.4 Å². The summed E-state index contributed by atoms with van der Waals surface area (Å²) in [5.74, 6) is 1.02. The van der Waals surface area contributed by atoms with Crippen LogP contribution < -0.4 is 30.4 Å². The molecule has 0 saturated heterocycles. The van der Waals surface area contributed by atoms with E-state index in [9.17, 15) is 35.9 Å². The standard InChI is InChI=1S/2C17H12F3NO3/c2*18-17(19,20)11-4-1-10(2-5-11)3-6-14(22)12-7-15-16(8-13(12)21)24-9-23-15/h2*1-8H,9,21H2/b2*6-3+. The summed E-state index contributed by atoms with van der Waals surface area (Å²) in [7, 11) is 0. The molecule has 0 bridgehead atoms. The zero-order valence-corrected chi connectivity index (χ0v) is 24.5. The third-order valence-corrected chi connectivity index (χ3v) is 6.95. The molecule has 6 rings (SSSR count). The number of carbonyl (C=O) groups is 2. The molecule has 0 saturated carbocycles. The minimum absolute atomic E-state index is 0.0633. The molecule has 2 aliphatic rings. The Balaban J connectivity index is 0.000000188. The molecule has 8 nitrogen and oxygen atoms in total. The van der Waals surface area contributed by atoms with Crippen LogP contribution in [0.1, 0.15) is 43.0 Å². The fraction of sp³-hybridized carbons (Fsp3) is 0.118. The summed E-state index contributed by atoms with van der Waals surface area (Å²) in [5, 5.41) is 0. The number of allylic oxidation sites excluding steroid dienone is 2. The molecule has 48 heavy (non-hydrogen) atoms. The van der Waals surface area contributed by atoms with Crippen molar-refractivity contribution in [2.75, 3.05) is 25.1 Å². The van der Waals surface area contributed by atoms with E-state index in [4.69, 9.17) is 30.4 Å². The smallest absolute Gasteiger partial charge is 0.416 e. The van der Waals surface area contributed by atoms with E-state index in [2.05, 4.69) is 0 Å². The molecular formula is C34H24F6N2O6. The minimum atomic E-state index is -4.39. The third-order valence-electron chi connectivity index (χ3n) is 6.95. The minimum Gasteiger partial charge on any atom is -0.454 e. The van der Waals surface area contributed by atoms with Crippen LogP contribution in [-0.4, -0.2) is 25.2 Å². The van der Waals surface area contributed by atoms with E-state index in [-0.39, 0.29) is 47.7 Å². The quantitative estimate of drug-likeness (QED) is 0.0922. The van der Waals surface area contributed by atoms with Crippen LogP contribution in [0.5, 0.6) is 23.0 Å². The Morgan fingerprint density at radius 1 is 0.542 bits per heavy atom. The second kappa shape index (κ2) is 13.4. The number of rotatable bonds is 6. The molecule has 248 valence electrons. The van der Waals surface area contributed by atoms with E-state index >= 15 is 0 Å². The summed E-state index contributed by atoms with van der Waals surface area (Å²) in [5.41, 5.74) is 12.0. The molecule has 0 unspecified atom stereocenters. The zero-order valence-electron chi connectivity index (χ0n) is 24.5. The maximum Gasteiger partial charge on any atom is 0.416 e. The molecule has 4 aromatic rings. The Bertz CT molecular complexity index is 1760. The molecule has 2 heterocycles. The van der Waals surface area contributed by atoms with Crippen molar-refractivity contribution >= 4 is 35.1 Å². The number of nitrogens with two attached hydrogens (primary N) is 2. The van der Waals surface area contributed by atoms with Gasteiger partial charge in [-0.05, 0) is 59.7 Å². The number of ketones is 2. The maximum atomic E-state index is 12.5. The average Bonchev–Trinajstić information content (AvgIpc) is 3.70. The molecule has 0 radical (unpaired) electrons. The van der Waals surface area contributed by atoms with Gasteiger partial charge in [-0.2, -0.15) is 26.3 Å². The summed E-state index contributed by atoms with van der Waals surface area (Å²) in [6.07, 6.45) is -3.44. The highest BCUT2D eigenvalue weighted by Gasteiger charge is 2.30. The van der Waals surface area contributed by atoms with Crippen molar-refractivity contribution in [2.24, 2.45) is 0 Å². The van der Waals surface area contributed by atoms with Crippen molar-refractivity contribution in [3.63, 3.8) is 0 Å². The Kier molecular flexibility index (Phi) is 9.36. The highest BCUT2D eigenvalue weighted by Crippen LogP contribution is 2.37. The third kappa shape index (κ3) is 7.89. The van der Waals surface area contributed by atoms with E-state index in [0.29, 0.717) is 34.1 Å². The van der Waals surface area contributed by atoms with E-state index in [1.54, 1.807) is 0 Å². The lowest BCUT2D eigenvalue weighted by Crippen LogP contribution is -2.04. The summed E-state index contributed by atoms with van der Waals surface area (Å²) in [4.78, 5) is 24.4. The molecule has 0 aliphatic carbocycles. The largest absolute Gasteiger partial charge is 0.454 e. The van der Waals surface area contributed by atoms with Gasteiger partial charge in [0.25, 0.3) is 0 Å². The summed E-state index contributed by atoms with van der Waals surface area (Å²) >= 11 is 0. The number of hydrogen-bond acceptors (Lipinski definition) is 8. The van der Waals surface area contributed by atoms with E-state index in [1.165, 1.54) is 72.8 Å². The van der Waals surface area contributed by atoms with Crippen LogP contribution >= 0.6 is 0 Å². The summed E-state index contributed by atoms with van der Waals surface area (Å²) in [6.45, 7) is 0.127. The van der Waals surface area contributed by atoms with Gasteiger partial charge in [0.15, 0.2) is 34.6 Å². The first-order valence-corrected chi connectivity index (χ1v) is 13.9. The van der Waals surface area contributed by atoms with Gasteiger partial charge in [0, 0.05) is 34.6 Å². The molecule has 14 heteroatoms. The topological polar surface area (TPSA) is 123 Å². The molecule has 0 fully saturated rings. The SMILES string of the molecule is Nc1cc2c(cc1C(=O)/C=C/c1ccc(C(F)(F)F)cc1)OCO2.Nc1cc2c(cc1C(=O)/C=C/c1ccc(C(F)(F)F)cc1)OCO2. The monoisotopic (exact) mass is 670 g/mol. The zero-order chi connectivity index (χ0) is 34.6. The number of halogens is 6. The van der Waals surface area contributed by atoms with Crippen LogP contribution in [0.25, 0.3) is 12.2 Å². The van der Waals surface area contributed by atoms with Gasteiger partial charge in [-0.1, -0.05) is 36.4 Å². The number of nitrogen functional groups attached to an aromatic ring is 2. The highest BCUT2D eigenvalue weighted by molar-refractivity contribution is 6.11. The molecule has 2 aliphatic heterocycles. The van der Waals surface area contributed by atoms with Crippen LogP contribution in [0.4, 0.5) is 37.7 Å². The number of alkyl halides is 6. The normalized spacial score (nSPS) is 13.5. The van der Waals surface area contributed by atoms with Crippen LogP contribution in [0.3, 0.4) is 0 Å². The highest BCUT2D eigenvalue weighted by atomic mass is 19.4. The lowest BCUT2D eigenvalue weighted by molar-refractivity contribution is -0.138. The van der Waals surface area contributed by atoms with Gasteiger partial charge in [-0.15, -0.1) is 0 Å². The second-order valence-electron chi connectivity index (χ2n) is 10.2. The summed E-state index contributed by atoms with van der Waals surface area (Å²) < 4.78 is 95.7. The molecule has 0 amide bonds. The molecule has 0 aromatic heterocycles. The van der Waals surface area contributed by atoms with Crippen molar-refractivity contribution in [1.82, 2.24) is 0 Å². The second-order valence-corrected chi connectivity index (χ2v) is 10.2. The predicted molar refractivity (Wildman–Crippen MR) is 164 cm³/mol. The van der Waals surface area contributed by atoms with Crippen molar-refractivity contribution in [3.05, 3.63) is 118 Å². The van der Waals surface area contributed by atoms with E-state index < -0.39 is 23.5 Å². The summed E-state index contributed by atoms with van der Waals surface area (Å²) in [6, 6.07) is 14.9. The molecule has 4 N–H and O–H groups in total. The van der Waals surface area contributed by atoms with Crippen LogP contribution in [0.2, 0.25) is 0 Å². The van der Waals surface area contributed by atoms with E-state index in [1.807, 2.05) is 0 Å². The van der Waals surface area contributed by atoms with Gasteiger partial charge >= 0.3 is 12.4 Å². The Labute approximate surface area is 268 Å². The first kappa shape index (κ1) is 33.4. The lowest BCUT2D eigenvalue weighted by Gasteiger charge is -2.06. The van der Waals surface area contributed by atoms with Gasteiger partial charge in [0.05, 0.1) is 11.1 Å².